The van der Waals surface area contributed by atoms with Gasteiger partial charge in [0.1, 0.15) is 0 Å². The van der Waals surface area contributed by atoms with Crippen LogP contribution in [0.25, 0.3) is 0 Å². The smallest absolute Gasteiger partial charge is 0.303 e. The maximum absolute atomic E-state index is 12.5. The number of benzene rings is 1. The summed E-state index contributed by atoms with van der Waals surface area (Å²) in [6.45, 7) is 2.25. The number of hydrogen-bond donors (Lipinski definition) is 2. The first-order valence-electron chi connectivity index (χ1n) is 7.51. The third-order valence-electron chi connectivity index (χ3n) is 4.43. The van der Waals surface area contributed by atoms with Crippen molar-refractivity contribution in [3.05, 3.63) is 29.3 Å². The van der Waals surface area contributed by atoms with Crippen molar-refractivity contribution in [2.45, 2.75) is 25.7 Å². The number of nitrogens with one attached hydrogen (secondary N) is 1. The molecule has 0 spiro atoms. The fraction of sp³-hybridized carbons (Fsp3) is 0.500. The van der Waals surface area contributed by atoms with Crippen LogP contribution < -0.4 is 5.32 Å². The average molecular weight is 288 g/mol. The number of fused-ring (bicyclic) bond motifs is 1. The fourth-order valence-corrected chi connectivity index (χ4v) is 3.19. The minimum absolute atomic E-state index is 0.0558. The van der Waals surface area contributed by atoms with Gasteiger partial charge in [-0.1, -0.05) is 6.07 Å². The SMILES string of the molecule is O=C(O)CC1CCN(C(=O)c2ccc3c(c2)NCC3)CC1. The molecular weight excluding hydrogens is 268 g/mol. The molecular formula is C16H20N2O3. The molecule has 112 valence electrons. The Morgan fingerprint density at radius 1 is 1.29 bits per heavy atom. The van der Waals surface area contributed by atoms with Crippen molar-refractivity contribution in [3.63, 3.8) is 0 Å². The van der Waals surface area contributed by atoms with Gasteiger partial charge in [0, 0.05) is 37.3 Å². The number of likely N-dealkylation sites (tertiary alicyclic amines) is 1. The first-order chi connectivity index (χ1) is 10.1. The molecule has 0 bridgehead atoms. The van der Waals surface area contributed by atoms with Crippen LogP contribution in [0.1, 0.15) is 35.2 Å². The van der Waals surface area contributed by atoms with E-state index in [1.807, 2.05) is 23.1 Å². The van der Waals surface area contributed by atoms with Crippen LogP contribution in [0.2, 0.25) is 0 Å². The van der Waals surface area contributed by atoms with Crippen molar-refractivity contribution in [2.75, 3.05) is 25.0 Å². The zero-order valence-electron chi connectivity index (χ0n) is 12.0. The maximum atomic E-state index is 12.5. The summed E-state index contributed by atoms with van der Waals surface area (Å²) in [6, 6.07) is 5.87. The molecule has 0 radical (unpaired) electrons. The van der Waals surface area contributed by atoms with Crippen molar-refractivity contribution >= 4 is 17.6 Å². The zero-order chi connectivity index (χ0) is 14.8. The summed E-state index contributed by atoms with van der Waals surface area (Å²) in [7, 11) is 0. The van der Waals surface area contributed by atoms with Gasteiger partial charge in [-0.05, 0) is 42.9 Å². The first kappa shape index (κ1) is 13.9. The molecule has 3 rings (SSSR count). The highest BCUT2D eigenvalue weighted by atomic mass is 16.4. The first-order valence-corrected chi connectivity index (χ1v) is 7.51. The second-order valence-corrected chi connectivity index (χ2v) is 5.88. The lowest BCUT2D eigenvalue weighted by Gasteiger charge is -2.31. The normalized spacial score (nSPS) is 18.2. The molecule has 2 aliphatic rings. The Kier molecular flexibility index (Phi) is 3.82. The van der Waals surface area contributed by atoms with Crippen LogP contribution in [0, 0.1) is 5.92 Å². The molecule has 0 saturated carbocycles. The summed E-state index contributed by atoms with van der Waals surface area (Å²) in [4.78, 5) is 25.1. The quantitative estimate of drug-likeness (QED) is 0.892. The molecule has 1 saturated heterocycles. The number of piperidine rings is 1. The molecule has 1 amide bonds. The highest BCUT2D eigenvalue weighted by molar-refractivity contribution is 5.95. The minimum Gasteiger partial charge on any atom is -0.481 e. The summed E-state index contributed by atoms with van der Waals surface area (Å²) in [5.74, 6) is -0.488. The topological polar surface area (TPSA) is 69.6 Å². The molecule has 2 heterocycles. The Morgan fingerprint density at radius 3 is 2.76 bits per heavy atom. The van der Waals surface area contributed by atoms with Crippen molar-refractivity contribution in [1.29, 1.82) is 0 Å². The number of nitrogens with zero attached hydrogens (tertiary/aromatic N) is 1. The van der Waals surface area contributed by atoms with Crippen molar-refractivity contribution in [3.8, 4) is 0 Å². The number of carboxylic acids is 1. The lowest BCUT2D eigenvalue weighted by Crippen LogP contribution is -2.38. The molecule has 1 aromatic rings. The predicted molar refractivity (Wildman–Crippen MR) is 79.5 cm³/mol. The lowest BCUT2D eigenvalue weighted by atomic mass is 9.93. The predicted octanol–water partition coefficient (Wildman–Crippen LogP) is 1.98. The van der Waals surface area contributed by atoms with Gasteiger partial charge >= 0.3 is 5.97 Å². The highest BCUT2D eigenvalue weighted by Gasteiger charge is 2.25. The summed E-state index contributed by atoms with van der Waals surface area (Å²) < 4.78 is 0. The number of amides is 1. The van der Waals surface area contributed by atoms with Gasteiger partial charge in [0.2, 0.25) is 0 Å². The van der Waals surface area contributed by atoms with Gasteiger partial charge in [-0.3, -0.25) is 9.59 Å². The average Bonchev–Trinajstić information content (AvgIpc) is 2.94. The summed E-state index contributed by atoms with van der Waals surface area (Å²) in [6.07, 6.45) is 2.79. The largest absolute Gasteiger partial charge is 0.481 e. The van der Waals surface area contributed by atoms with Crippen LogP contribution in [-0.2, 0) is 11.2 Å². The van der Waals surface area contributed by atoms with E-state index in [1.165, 1.54) is 5.56 Å². The van der Waals surface area contributed by atoms with E-state index in [0.29, 0.717) is 13.1 Å². The van der Waals surface area contributed by atoms with Gasteiger partial charge in [0.25, 0.3) is 5.91 Å². The summed E-state index contributed by atoms with van der Waals surface area (Å²) in [5, 5.41) is 12.1. The standard InChI is InChI=1S/C16H20N2O3/c19-15(20)9-11-4-7-18(8-5-11)16(21)13-2-1-12-3-6-17-14(12)10-13/h1-2,10-11,17H,3-9H2,(H,19,20). The number of rotatable bonds is 3. The Hall–Kier alpha value is -2.04. The second-order valence-electron chi connectivity index (χ2n) is 5.88. The van der Waals surface area contributed by atoms with E-state index >= 15 is 0 Å². The Morgan fingerprint density at radius 2 is 2.05 bits per heavy atom. The van der Waals surface area contributed by atoms with E-state index in [9.17, 15) is 9.59 Å². The summed E-state index contributed by atoms with van der Waals surface area (Å²) >= 11 is 0. The van der Waals surface area contributed by atoms with Crippen LogP contribution in [0.15, 0.2) is 18.2 Å². The van der Waals surface area contributed by atoms with E-state index in [2.05, 4.69) is 5.32 Å². The van der Waals surface area contributed by atoms with Gasteiger partial charge in [0.15, 0.2) is 0 Å². The van der Waals surface area contributed by atoms with Gasteiger partial charge < -0.3 is 15.3 Å². The molecule has 2 aliphatic heterocycles. The highest BCUT2D eigenvalue weighted by Crippen LogP contribution is 2.26. The number of carbonyl (C=O) groups is 2. The Bertz CT molecular complexity index is 563. The number of aliphatic carboxylic acids is 1. The monoisotopic (exact) mass is 288 g/mol. The number of anilines is 1. The van der Waals surface area contributed by atoms with Crippen LogP contribution in [-0.4, -0.2) is 41.5 Å². The van der Waals surface area contributed by atoms with E-state index in [4.69, 9.17) is 5.11 Å². The number of carboxylic acid groups (broad SMARTS) is 1. The van der Waals surface area contributed by atoms with Crippen LogP contribution in [0.4, 0.5) is 5.69 Å². The Labute approximate surface area is 123 Å². The minimum atomic E-state index is -0.746. The zero-order valence-corrected chi connectivity index (χ0v) is 12.0. The molecule has 0 aromatic heterocycles. The van der Waals surface area contributed by atoms with Crippen molar-refractivity contribution < 1.29 is 14.7 Å². The second kappa shape index (κ2) is 5.76. The van der Waals surface area contributed by atoms with Crippen LogP contribution in [0.3, 0.4) is 0 Å². The number of hydrogen-bond acceptors (Lipinski definition) is 3. The van der Waals surface area contributed by atoms with E-state index in [1.54, 1.807) is 0 Å². The molecule has 0 unspecified atom stereocenters. The Balaban J connectivity index is 1.63. The van der Waals surface area contributed by atoms with Gasteiger partial charge in [-0.15, -0.1) is 0 Å². The van der Waals surface area contributed by atoms with Crippen LogP contribution in [0.5, 0.6) is 0 Å². The van der Waals surface area contributed by atoms with E-state index in [-0.39, 0.29) is 18.2 Å². The van der Waals surface area contributed by atoms with Crippen molar-refractivity contribution in [1.82, 2.24) is 4.90 Å². The van der Waals surface area contributed by atoms with E-state index in [0.717, 1.165) is 37.1 Å². The molecule has 0 atom stereocenters. The third kappa shape index (κ3) is 3.01. The van der Waals surface area contributed by atoms with Gasteiger partial charge in [-0.25, -0.2) is 0 Å². The molecule has 5 nitrogen and oxygen atoms in total. The molecule has 2 N–H and O–H groups in total. The van der Waals surface area contributed by atoms with Gasteiger partial charge in [0.05, 0.1) is 0 Å². The third-order valence-corrected chi connectivity index (χ3v) is 4.43. The maximum Gasteiger partial charge on any atom is 0.303 e. The van der Waals surface area contributed by atoms with Gasteiger partial charge in [-0.2, -0.15) is 0 Å². The molecule has 0 aliphatic carbocycles. The lowest BCUT2D eigenvalue weighted by molar-refractivity contribution is -0.138. The summed E-state index contributed by atoms with van der Waals surface area (Å²) in [5.41, 5.74) is 3.06. The fourth-order valence-electron chi connectivity index (χ4n) is 3.19. The molecule has 1 aromatic carbocycles. The van der Waals surface area contributed by atoms with E-state index < -0.39 is 5.97 Å². The van der Waals surface area contributed by atoms with Crippen molar-refractivity contribution in [2.24, 2.45) is 5.92 Å². The van der Waals surface area contributed by atoms with Crippen LogP contribution >= 0.6 is 0 Å². The molecule has 1 fully saturated rings. The molecule has 21 heavy (non-hydrogen) atoms. The molecule has 5 heteroatoms. The number of carbonyl (C=O) groups excluding carboxylic acids is 1.